The van der Waals surface area contributed by atoms with E-state index in [9.17, 15) is 14.4 Å². The number of carbonyl (C=O) groups is 3. The van der Waals surface area contributed by atoms with Gasteiger partial charge in [-0.15, -0.1) is 0 Å². The standard InChI is InChI=1S/C20H20N2O5/c1-3-26-19(25)20(2)15-14(16(21-20)13-10-7-11-27-13)17(23)22(18(15)24)12-8-5-4-6-9-12/h4-11,14-16,21H,3H2,1-2H3/p+1/t14-,15-,16-,20+/m0/s1. The van der Waals surface area contributed by atoms with E-state index < -0.39 is 29.4 Å². The second-order valence-corrected chi connectivity index (χ2v) is 7.06. The van der Waals surface area contributed by atoms with Crippen molar-refractivity contribution in [2.24, 2.45) is 11.8 Å². The van der Waals surface area contributed by atoms with Crippen molar-refractivity contribution in [2.75, 3.05) is 11.5 Å². The van der Waals surface area contributed by atoms with Crippen LogP contribution in [0.3, 0.4) is 0 Å². The van der Waals surface area contributed by atoms with Crippen molar-refractivity contribution in [3.8, 4) is 0 Å². The number of carbonyl (C=O) groups excluding carboxylic acids is 3. The molecule has 2 amide bonds. The summed E-state index contributed by atoms with van der Waals surface area (Å²) in [5.74, 6) is -2.14. The zero-order chi connectivity index (χ0) is 19.2. The summed E-state index contributed by atoms with van der Waals surface area (Å²) in [6, 6.07) is 11.8. The molecule has 0 spiro atoms. The third-order valence-electron chi connectivity index (χ3n) is 5.51. The number of furan rings is 1. The predicted molar refractivity (Wildman–Crippen MR) is 94.3 cm³/mol. The van der Waals surface area contributed by atoms with E-state index in [1.54, 1.807) is 55.6 Å². The zero-order valence-corrected chi connectivity index (χ0v) is 15.1. The number of esters is 1. The van der Waals surface area contributed by atoms with Gasteiger partial charge in [0, 0.05) is 6.92 Å². The van der Waals surface area contributed by atoms with Gasteiger partial charge in [0.2, 0.25) is 17.4 Å². The number of para-hydroxylation sites is 1. The van der Waals surface area contributed by atoms with Crippen LogP contribution in [0, 0.1) is 11.8 Å². The van der Waals surface area contributed by atoms with Gasteiger partial charge in [-0.3, -0.25) is 9.59 Å². The molecule has 4 rings (SSSR count). The van der Waals surface area contributed by atoms with Crippen molar-refractivity contribution in [2.45, 2.75) is 25.4 Å². The van der Waals surface area contributed by atoms with E-state index in [4.69, 9.17) is 9.15 Å². The van der Waals surface area contributed by atoms with Gasteiger partial charge in [-0.25, -0.2) is 9.69 Å². The van der Waals surface area contributed by atoms with Crippen LogP contribution in [0.4, 0.5) is 5.69 Å². The lowest BCUT2D eigenvalue weighted by Crippen LogP contribution is -2.97. The summed E-state index contributed by atoms with van der Waals surface area (Å²) >= 11 is 0. The Morgan fingerprint density at radius 3 is 2.56 bits per heavy atom. The number of nitrogens with zero attached hydrogens (tertiary/aromatic N) is 1. The summed E-state index contributed by atoms with van der Waals surface area (Å²) in [5, 5.41) is 1.75. The van der Waals surface area contributed by atoms with Crippen molar-refractivity contribution < 1.29 is 28.9 Å². The van der Waals surface area contributed by atoms with E-state index in [1.165, 1.54) is 11.2 Å². The molecule has 27 heavy (non-hydrogen) atoms. The fraction of sp³-hybridized carbons (Fsp3) is 0.350. The van der Waals surface area contributed by atoms with Crippen LogP contribution in [-0.2, 0) is 19.1 Å². The van der Waals surface area contributed by atoms with E-state index >= 15 is 0 Å². The number of ether oxygens (including phenoxy) is 1. The number of anilines is 1. The molecule has 2 fully saturated rings. The average molecular weight is 369 g/mol. The maximum atomic E-state index is 13.3. The number of quaternary nitrogens is 1. The van der Waals surface area contributed by atoms with Gasteiger partial charge >= 0.3 is 5.97 Å². The summed E-state index contributed by atoms with van der Waals surface area (Å²) in [6.07, 6.45) is 1.52. The molecule has 0 radical (unpaired) electrons. The quantitative estimate of drug-likeness (QED) is 0.642. The van der Waals surface area contributed by atoms with Crippen LogP contribution in [0.15, 0.2) is 53.1 Å². The monoisotopic (exact) mass is 369 g/mol. The number of imide groups is 1. The number of amides is 2. The normalized spacial score (nSPS) is 29.9. The third kappa shape index (κ3) is 2.49. The van der Waals surface area contributed by atoms with Gasteiger partial charge in [-0.2, -0.15) is 0 Å². The molecule has 0 bridgehead atoms. The molecular weight excluding hydrogens is 348 g/mol. The SMILES string of the molecule is CCOC(=O)[C@]1(C)[NH2+][C@@H](c2ccco2)[C@H]2C(=O)N(c3ccccc3)C(=O)[C@H]21. The van der Waals surface area contributed by atoms with Gasteiger partial charge < -0.3 is 14.5 Å². The molecule has 0 saturated carbocycles. The number of fused-ring (bicyclic) bond motifs is 1. The van der Waals surface area contributed by atoms with Crippen molar-refractivity contribution in [3.63, 3.8) is 0 Å². The van der Waals surface area contributed by atoms with Crippen molar-refractivity contribution >= 4 is 23.5 Å². The van der Waals surface area contributed by atoms with Crippen molar-refractivity contribution in [3.05, 3.63) is 54.5 Å². The fourth-order valence-corrected chi connectivity index (χ4v) is 4.32. The molecule has 4 atom stereocenters. The molecule has 2 aromatic rings. The maximum Gasteiger partial charge on any atom is 0.368 e. The Bertz CT molecular complexity index is 879. The first-order chi connectivity index (χ1) is 13.0. The molecule has 2 N–H and O–H groups in total. The van der Waals surface area contributed by atoms with E-state index in [1.807, 2.05) is 6.07 Å². The highest BCUT2D eigenvalue weighted by Gasteiger charge is 2.71. The van der Waals surface area contributed by atoms with Crippen LogP contribution >= 0.6 is 0 Å². The Balaban J connectivity index is 1.81. The smallest absolute Gasteiger partial charge is 0.368 e. The summed E-state index contributed by atoms with van der Waals surface area (Å²) in [6.45, 7) is 3.59. The maximum absolute atomic E-state index is 13.3. The molecule has 0 unspecified atom stereocenters. The lowest BCUT2D eigenvalue weighted by molar-refractivity contribution is -0.732. The number of benzene rings is 1. The van der Waals surface area contributed by atoms with E-state index in [0.717, 1.165) is 0 Å². The molecule has 0 aliphatic carbocycles. The van der Waals surface area contributed by atoms with Gasteiger partial charge in [-0.1, -0.05) is 18.2 Å². The third-order valence-corrected chi connectivity index (χ3v) is 5.51. The summed E-state index contributed by atoms with van der Waals surface area (Å²) in [7, 11) is 0. The minimum Gasteiger partial charge on any atom is -0.463 e. The van der Waals surface area contributed by atoms with Crippen LogP contribution in [0.5, 0.6) is 0 Å². The molecule has 7 nitrogen and oxygen atoms in total. The van der Waals surface area contributed by atoms with Crippen LogP contribution in [0.2, 0.25) is 0 Å². The van der Waals surface area contributed by atoms with Crippen LogP contribution < -0.4 is 10.2 Å². The first-order valence-electron chi connectivity index (χ1n) is 8.98. The highest BCUT2D eigenvalue weighted by atomic mass is 16.5. The largest absolute Gasteiger partial charge is 0.463 e. The topological polar surface area (TPSA) is 93.4 Å². The molecule has 1 aromatic carbocycles. The number of hydrogen-bond acceptors (Lipinski definition) is 5. The first kappa shape index (κ1) is 17.5. The molecular formula is C20H21N2O5+. The molecule has 7 heteroatoms. The number of nitrogens with two attached hydrogens (primary N) is 1. The second kappa shape index (κ2) is 6.35. The Morgan fingerprint density at radius 2 is 1.93 bits per heavy atom. The fourth-order valence-electron chi connectivity index (χ4n) is 4.32. The van der Waals surface area contributed by atoms with Gasteiger partial charge in [0.15, 0.2) is 11.8 Å². The minimum atomic E-state index is -1.20. The Labute approximate surface area is 156 Å². The predicted octanol–water partition coefficient (Wildman–Crippen LogP) is 1.03. The molecule has 1 aromatic heterocycles. The van der Waals surface area contributed by atoms with Gasteiger partial charge in [0.05, 0.1) is 18.6 Å². The molecule has 2 aliphatic rings. The highest BCUT2D eigenvalue weighted by molar-refractivity contribution is 6.23. The number of hydrogen-bond donors (Lipinski definition) is 1. The minimum absolute atomic E-state index is 0.204. The average Bonchev–Trinajstić information content (AvgIpc) is 3.34. The molecule has 3 heterocycles. The van der Waals surface area contributed by atoms with Crippen molar-refractivity contribution in [1.82, 2.24) is 0 Å². The van der Waals surface area contributed by atoms with E-state index in [0.29, 0.717) is 11.4 Å². The summed E-state index contributed by atoms with van der Waals surface area (Å²) < 4.78 is 10.8. The highest BCUT2D eigenvalue weighted by Crippen LogP contribution is 2.45. The van der Waals surface area contributed by atoms with Gasteiger partial charge in [0.25, 0.3) is 0 Å². The number of rotatable bonds is 4. The lowest BCUT2D eigenvalue weighted by atomic mass is 9.81. The summed E-state index contributed by atoms with van der Waals surface area (Å²) in [4.78, 5) is 40.5. The Kier molecular flexibility index (Phi) is 4.11. The van der Waals surface area contributed by atoms with Crippen molar-refractivity contribution in [1.29, 1.82) is 0 Å². The second-order valence-electron chi connectivity index (χ2n) is 7.06. The summed E-state index contributed by atoms with van der Waals surface area (Å²) in [5.41, 5.74) is -0.694. The van der Waals surface area contributed by atoms with Gasteiger partial charge in [0.1, 0.15) is 11.8 Å². The molecule has 2 saturated heterocycles. The van der Waals surface area contributed by atoms with Crippen LogP contribution in [0.1, 0.15) is 25.6 Å². The van der Waals surface area contributed by atoms with E-state index in [-0.39, 0.29) is 18.4 Å². The Morgan fingerprint density at radius 1 is 1.19 bits per heavy atom. The first-order valence-corrected chi connectivity index (χ1v) is 8.98. The molecule has 2 aliphatic heterocycles. The molecule has 140 valence electrons. The lowest BCUT2D eigenvalue weighted by Gasteiger charge is -2.25. The van der Waals surface area contributed by atoms with Crippen LogP contribution in [-0.4, -0.2) is 29.9 Å². The zero-order valence-electron chi connectivity index (χ0n) is 15.1. The Hall–Kier alpha value is -2.93. The van der Waals surface area contributed by atoms with Crippen LogP contribution in [0.25, 0.3) is 0 Å². The van der Waals surface area contributed by atoms with Gasteiger partial charge in [-0.05, 0) is 31.2 Å². The van der Waals surface area contributed by atoms with E-state index in [2.05, 4.69) is 0 Å².